The van der Waals surface area contributed by atoms with E-state index in [1.807, 2.05) is 24.3 Å². The maximum atomic E-state index is 13.7. The molecule has 1 N–H and O–H groups in total. The predicted molar refractivity (Wildman–Crippen MR) is 99.4 cm³/mol. The number of anilines is 1. The molecule has 1 atom stereocenters. The Morgan fingerprint density at radius 3 is 2.69 bits per heavy atom. The van der Waals surface area contributed by atoms with Crippen LogP contribution in [0.1, 0.15) is 13.3 Å². The second-order valence-electron chi connectivity index (χ2n) is 5.52. The van der Waals surface area contributed by atoms with Gasteiger partial charge in [-0.2, -0.15) is 0 Å². The number of benzene rings is 2. The quantitative estimate of drug-likeness (QED) is 0.608. The molecule has 134 valence electrons. The molecular formula is C19H16BrFN2O3. The maximum Gasteiger partial charge on any atom is 0.267 e. The Hall–Kier alpha value is -2.67. The second kappa shape index (κ2) is 8.14. The molecular weight excluding hydrogens is 403 g/mol. The SMILES string of the molecule is CC[C@@H](Oc1ccccc1F)C(=O)Nc1cc(-c2ccc(Br)cc2)no1. The number of hydrogen-bond acceptors (Lipinski definition) is 4. The number of nitrogens with zero attached hydrogens (tertiary/aromatic N) is 1. The zero-order valence-corrected chi connectivity index (χ0v) is 15.5. The van der Waals surface area contributed by atoms with Crippen molar-refractivity contribution in [3.8, 4) is 17.0 Å². The zero-order chi connectivity index (χ0) is 18.5. The van der Waals surface area contributed by atoms with Crippen LogP contribution < -0.4 is 10.1 Å². The molecule has 0 radical (unpaired) electrons. The highest BCUT2D eigenvalue weighted by Gasteiger charge is 2.21. The van der Waals surface area contributed by atoms with Crippen molar-refractivity contribution >= 4 is 27.7 Å². The molecule has 2 aromatic carbocycles. The van der Waals surface area contributed by atoms with Gasteiger partial charge in [-0.15, -0.1) is 0 Å². The number of carbonyl (C=O) groups excluding carboxylic acids is 1. The normalized spacial score (nSPS) is 11.8. The van der Waals surface area contributed by atoms with Gasteiger partial charge in [0, 0.05) is 16.1 Å². The molecule has 1 heterocycles. The number of nitrogens with one attached hydrogen (secondary N) is 1. The fourth-order valence-electron chi connectivity index (χ4n) is 2.31. The summed E-state index contributed by atoms with van der Waals surface area (Å²) in [5.74, 6) is -0.726. The Morgan fingerprint density at radius 2 is 2.00 bits per heavy atom. The summed E-state index contributed by atoms with van der Waals surface area (Å²) in [5, 5.41) is 6.56. The maximum absolute atomic E-state index is 13.7. The Labute approximate surface area is 158 Å². The summed E-state index contributed by atoms with van der Waals surface area (Å²) in [6.07, 6.45) is -0.485. The first-order chi connectivity index (χ1) is 12.6. The van der Waals surface area contributed by atoms with Crippen LogP contribution in [0.2, 0.25) is 0 Å². The van der Waals surface area contributed by atoms with Crippen LogP contribution in [0, 0.1) is 5.82 Å². The number of aromatic nitrogens is 1. The Morgan fingerprint density at radius 1 is 1.27 bits per heavy atom. The molecule has 0 bridgehead atoms. The number of ether oxygens (including phenoxy) is 1. The Balaban J connectivity index is 1.68. The summed E-state index contributed by atoms with van der Waals surface area (Å²) in [5.41, 5.74) is 1.45. The number of hydrogen-bond donors (Lipinski definition) is 1. The monoisotopic (exact) mass is 418 g/mol. The van der Waals surface area contributed by atoms with Crippen molar-refractivity contribution in [3.05, 3.63) is 64.9 Å². The number of carbonyl (C=O) groups is 1. The zero-order valence-electron chi connectivity index (χ0n) is 13.9. The Bertz CT molecular complexity index is 896. The molecule has 0 aliphatic carbocycles. The first kappa shape index (κ1) is 18.1. The largest absolute Gasteiger partial charge is 0.478 e. The molecule has 0 aliphatic rings. The fraction of sp³-hybridized carbons (Fsp3) is 0.158. The number of rotatable bonds is 6. The molecule has 0 fully saturated rings. The van der Waals surface area contributed by atoms with E-state index in [0.717, 1.165) is 10.0 Å². The third-order valence-electron chi connectivity index (χ3n) is 3.67. The van der Waals surface area contributed by atoms with Crippen molar-refractivity contribution in [2.24, 2.45) is 0 Å². The van der Waals surface area contributed by atoms with Crippen molar-refractivity contribution < 1.29 is 18.4 Å². The van der Waals surface area contributed by atoms with Crippen LogP contribution in [0.25, 0.3) is 11.3 Å². The lowest BCUT2D eigenvalue weighted by Crippen LogP contribution is -2.32. The van der Waals surface area contributed by atoms with Crippen molar-refractivity contribution in [3.63, 3.8) is 0 Å². The molecule has 3 aromatic rings. The van der Waals surface area contributed by atoms with E-state index < -0.39 is 17.8 Å². The van der Waals surface area contributed by atoms with Crippen LogP contribution in [-0.4, -0.2) is 17.2 Å². The Kier molecular flexibility index (Phi) is 5.68. The summed E-state index contributed by atoms with van der Waals surface area (Å²) in [6, 6.07) is 15.1. The minimum absolute atomic E-state index is 0.0302. The van der Waals surface area contributed by atoms with Crippen LogP contribution in [0.15, 0.2) is 63.6 Å². The van der Waals surface area contributed by atoms with E-state index in [4.69, 9.17) is 9.26 Å². The summed E-state index contributed by atoms with van der Waals surface area (Å²) in [6.45, 7) is 1.78. The van der Waals surface area contributed by atoms with Gasteiger partial charge in [0.2, 0.25) is 5.88 Å². The van der Waals surface area contributed by atoms with E-state index in [2.05, 4.69) is 26.4 Å². The van der Waals surface area contributed by atoms with E-state index in [9.17, 15) is 9.18 Å². The van der Waals surface area contributed by atoms with Gasteiger partial charge in [0.25, 0.3) is 5.91 Å². The lowest BCUT2D eigenvalue weighted by molar-refractivity contribution is -0.123. The van der Waals surface area contributed by atoms with E-state index in [-0.39, 0.29) is 11.6 Å². The second-order valence-corrected chi connectivity index (χ2v) is 6.43. The minimum atomic E-state index is -0.854. The third-order valence-corrected chi connectivity index (χ3v) is 4.19. The molecule has 0 saturated carbocycles. The van der Waals surface area contributed by atoms with Crippen LogP contribution >= 0.6 is 15.9 Å². The van der Waals surface area contributed by atoms with Crippen LogP contribution in [0.5, 0.6) is 5.75 Å². The van der Waals surface area contributed by atoms with E-state index >= 15 is 0 Å². The van der Waals surface area contributed by atoms with Gasteiger partial charge in [-0.25, -0.2) is 4.39 Å². The standard InChI is InChI=1S/C19H16BrFN2O3/c1-2-16(25-17-6-4-3-5-14(17)21)19(24)22-18-11-15(23-26-18)12-7-9-13(20)10-8-12/h3-11,16H,2H2,1H3,(H,22,24)/t16-/m1/s1. The molecule has 0 spiro atoms. The van der Waals surface area contributed by atoms with Crippen LogP contribution in [0.3, 0.4) is 0 Å². The van der Waals surface area contributed by atoms with E-state index in [0.29, 0.717) is 12.1 Å². The summed E-state index contributed by atoms with van der Waals surface area (Å²) < 4.78 is 25.3. The number of amides is 1. The van der Waals surface area contributed by atoms with Gasteiger partial charge in [0.15, 0.2) is 17.7 Å². The lowest BCUT2D eigenvalue weighted by Gasteiger charge is -2.16. The van der Waals surface area contributed by atoms with Crippen molar-refractivity contribution in [2.75, 3.05) is 5.32 Å². The predicted octanol–water partition coefficient (Wildman–Crippen LogP) is 5.04. The average Bonchev–Trinajstić information content (AvgIpc) is 3.10. The van der Waals surface area contributed by atoms with Crippen molar-refractivity contribution in [2.45, 2.75) is 19.4 Å². The molecule has 3 rings (SSSR count). The third kappa shape index (κ3) is 4.29. The topological polar surface area (TPSA) is 64.4 Å². The van der Waals surface area contributed by atoms with Gasteiger partial charge in [-0.05, 0) is 30.7 Å². The van der Waals surface area contributed by atoms with E-state index in [1.165, 1.54) is 12.1 Å². The van der Waals surface area contributed by atoms with Gasteiger partial charge in [0.05, 0.1) is 0 Å². The molecule has 7 heteroatoms. The van der Waals surface area contributed by atoms with Crippen molar-refractivity contribution in [1.82, 2.24) is 5.16 Å². The average molecular weight is 419 g/mol. The highest BCUT2D eigenvalue weighted by Crippen LogP contribution is 2.24. The molecule has 5 nitrogen and oxygen atoms in total. The molecule has 26 heavy (non-hydrogen) atoms. The highest BCUT2D eigenvalue weighted by molar-refractivity contribution is 9.10. The van der Waals surface area contributed by atoms with Crippen LogP contribution in [-0.2, 0) is 4.79 Å². The van der Waals surface area contributed by atoms with E-state index in [1.54, 1.807) is 25.1 Å². The minimum Gasteiger partial charge on any atom is -0.478 e. The molecule has 0 unspecified atom stereocenters. The van der Waals surface area contributed by atoms with Gasteiger partial charge in [0.1, 0.15) is 5.69 Å². The molecule has 0 saturated heterocycles. The molecule has 1 amide bonds. The number of para-hydroxylation sites is 1. The summed E-state index contributed by atoms with van der Waals surface area (Å²) in [4.78, 5) is 12.4. The van der Waals surface area contributed by atoms with Gasteiger partial charge < -0.3 is 9.26 Å². The summed E-state index contributed by atoms with van der Waals surface area (Å²) >= 11 is 3.37. The highest BCUT2D eigenvalue weighted by atomic mass is 79.9. The first-order valence-corrected chi connectivity index (χ1v) is 8.81. The van der Waals surface area contributed by atoms with Gasteiger partial charge >= 0.3 is 0 Å². The molecule has 0 aliphatic heterocycles. The van der Waals surface area contributed by atoms with Gasteiger partial charge in [-0.3, -0.25) is 10.1 Å². The van der Waals surface area contributed by atoms with Gasteiger partial charge in [-0.1, -0.05) is 52.3 Å². The molecule has 1 aromatic heterocycles. The fourth-order valence-corrected chi connectivity index (χ4v) is 2.57. The lowest BCUT2D eigenvalue weighted by atomic mass is 10.1. The number of halogens is 2. The summed E-state index contributed by atoms with van der Waals surface area (Å²) in [7, 11) is 0. The van der Waals surface area contributed by atoms with Crippen molar-refractivity contribution in [1.29, 1.82) is 0 Å². The first-order valence-electron chi connectivity index (χ1n) is 8.01. The van der Waals surface area contributed by atoms with Crippen LogP contribution in [0.4, 0.5) is 10.3 Å². The smallest absolute Gasteiger partial charge is 0.267 e.